The van der Waals surface area contributed by atoms with E-state index in [4.69, 9.17) is 11.6 Å². The van der Waals surface area contributed by atoms with Crippen molar-refractivity contribution in [3.05, 3.63) is 70.6 Å². The summed E-state index contributed by atoms with van der Waals surface area (Å²) < 4.78 is 1.52. The van der Waals surface area contributed by atoms with E-state index in [-0.39, 0.29) is 29.9 Å². The zero-order chi connectivity index (χ0) is 20.1. The second-order valence-electron chi connectivity index (χ2n) is 6.22. The van der Waals surface area contributed by atoms with Crippen LogP contribution in [-0.2, 0) is 4.79 Å². The number of anilines is 1. The first-order valence-corrected chi connectivity index (χ1v) is 9.16. The van der Waals surface area contributed by atoms with Crippen LogP contribution in [0.4, 0.5) is 5.82 Å². The number of hydrogen-bond donors (Lipinski definition) is 2. The number of aryl methyl sites for hydroxylation is 2. The summed E-state index contributed by atoms with van der Waals surface area (Å²) in [7, 11) is 0. The van der Waals surface area contributed by atoms with E-state index in [1.54, 1.807) is 13.0 Å². The Hall–Kier alpha value is -3.19. The fourth-order valence-corrected chi connectivity index (χ4v) is 3.05. The molecule has 0 aliphatic rings. The van der Waals surface area contributed by atoms with Crippen LogP contribution in [0.2, 0.25) is 5.15 Å². The topological polar surface area (TPSA) is 88.9 Å². The van der Waals surface area contributed by atoms with Crippen molar-refractivity contribution in [3.63, 3.8) is 0 Å². The monoisotopic (exact) mass is 397 g/mol. The van der Waals surface area contributed by atoms with Crippen LogP contribution in [0, 0.1) is 13.8 Å². The average Bonchev–Trinajstić information content (AvgIpc) is 2.96. The number of carbonyl (C=O) groups is 2. The van der Waals surface area contributed by atoms with Gasteiger partial charge in [-0.15, -0.1) is 0 Å². The highest BCUT2D eigenvalue weighted by molar-refractivity contribution is 6.33. The number of nitrogens with one attached hydrogen (secondary N) is 2. The Labute approximate surface area is 167 Å². The van der Waals surface area contributed by atoms with Gasteiger partial charge >= 0.3 is 0 Å². The lowest BCUT2D eigenvalue weighted by atomic mass is 10.2. The summed E-state index contributed by atoms with van der Waals surface area (Å²) in [5.41, 5.74) is 2.39. The summed E-state index contributed by atoms with van der Waals surface area (Å²) in [5, 5.41) is 9.99. The summed E-state index contributed by atoms with van der Waals surface area (Å²) >= 11 is 6.37. The zero-order valence-electron chi connectivity index (χ0n) is 15.6. The van der Waals surface area contributed by atoms with Gasteiger partial charge in [-0.2, -0.15) is 5.10 Å². The molecule has 2 amide bonds. The third kappa shape index (κ3) is 4.55. The molecule has 0 aliphatic heterocycles. The Morgan fingerprint density at radius 1 is 1.07 bits per heavy atom. The third-order valence-corrected chi connectivity index (χ3v) is 4.37. The van der Waals surface area contributed by atoms with Gasteiger partial charge in [0, 0.05) is 18.7 Å². The number of para-hydroxylation sites is 1. The maximum absolute atomic E-state index is 12.5. The minimum atomic E-state index is -0.369. The molecule has 8 heteroatoms. The minimum absolute atomic E-state index is 0.116. The predicted octanol–water partition coefficient (Wildman–Crippen LogP) is 3.30. The van der Waals surface area contributed by atoms with E-state index in [2.05, 4.69) is 20.7 Å². The lowest BCUT2D eigenvalue weighted by molar-refractivity contribution is -0.116. The van der Waals surface area contributed by atoms with Crippen molar-refractivity contribution in [1.82, 2.24) is 20.1 Å². The quantitative estimate of drug-likeness (QED) is 0.667. The number of rotatable bonds is 6. The van der Waals surface area contributed by atoms with Crippen LogP contribution in [0.15, 0.2) is 48.5 Å². The van der Waals surface area contributed by atoms with E-state index >= 15 is 0 Å². The summed E-state index contributed by atoms with van der Waals surface area (Å²) in [6.07, 6.45) is 0.116. The molecule has 2 heterocycles. The Balaban J connectivity index is 1.59. The molecule has 2 N–H and O–H groups in total. The van der Waals surface area contributed by atoms with E-state index < -0.39 is 0 Å². The predicted molar refractivity (Wildman–Crippen MR) is 108 cm³/mol. The Bertz CT molecular complexity index is 1000. The number of carbonyl (C=O) groups excluding carboxylic acids is 2. The van der Waals surface area contributed by atoms with E-state index in [0.717, 1.165) is 11.4 Å². The third-order valence-electron chi connectivity index (χ3n) is 4.03. The summed E-state index contributed by atoms with van der Waals surface area (Å²) in [6.45, 7) is 3.73. The Kier molecular flexibility index (Phi) is 6.06. The van der Waals surface area contributed by atoms with Crippen LogP contribution in [-0.4, -0.2) is 33.1 Å². The van der Waals surface area contributed by atoms with E-state index in [9.17, 15) is 9.59 Å². The number of aromatic nitrogens is 3. The van der Waals surface area contributed by atoms with Crippen LogP contribution in [0.5, 0.6) is 0 Å². The number of hydrogen-bond acceptors (Lipinski definition) is 4. The lowest BCUT2D eigenvalue weighted by Crippen LogP contribution is -2.28. The lowest BCUT2D eigenvalue weighted by Gasteiger charge is -2.07. The van der Waals surface area contributed by atoms with Crippen molar-refractivity contribution >= 4 is 29.2 Å². The summed E-state index contributed by atoms with van der Waals surface area (Å²) in [5.74, 6) is -0.119. The molecular formula is C20H20ClN5O2. The Morgan fingerprint density at radius 2 is 1.82 bits per heavy atom. The fraction of sp³-hybridized carbons (Fsp3) is 0.200. The van der Waals surface area contributed by atoms with Crippen molar-refractivity contribution in [2.45, 2.75) is 20.3 Å². The second-order valence-corrected chi connectivity index (χ2v) is 6.57. The van der Waals surface area contributed by atoms with Crippen molar-refractivity contribution in [2.24, 2.45) is 0 Å². The molecule has 28 heavy (non-hydrogen) atoms. The largest absolute Gasteiger partial charge is 0.351 e. The molecule has 0 aliphatic carbocycles. The molecule has 1 aromatic carbocycles. The van der Waals surface area contributed by atoms with Crippen molar-refractivity contribution < 1.29 is 9.59 Å². The van der Waals surface area contributed by atoms with Gasteiger partial charge in [0.25, 0.3) is 5.91 Å². The van der Waals surface area contributed by atoms with Crippen molar-refractivity contribution in [1.29, 1.82) is 0 Å². The van der Waals surface area contributed by atoms with Crippen LogP contribution < -0.4 is 10.6 Å². The molecule has 3 rings (SSSR count). The van der Waals surface area contributed by atoms with Gasteiger partial charge < -0.3 is 10.6 Å². The van der Waals surface area contributed by atoms with Gasteiger partial charge in [0.05, 0.1) is 16.9 Å². The standard InChI is InChI=1S/C20H20ClN5O2/c1-13-7-6-10-16(23-13)24-17(27)11-12-22-20(28)18-14(2)25-26(19(18)21)15-8-4-3-5-9-15/h3-10H,11-12H2,1-2H3,(H,22,28)(H,23,24,27). The van der Waals surface area contributed by atoms with E-state index in [1.165, 1.54) is 4.68 Å². The summed E-state index contributed by atoms with van der Waals surface area (Å²) in [6, 6.07) is 14.7. The molecule has 0 spiro atoms. The number of pyridine rings is 1. The normalized spacial score (nSPS) is 10.5. The zero-order valence-corrected chi connectivity index (χ0v) is 16.3. The average molecular weight is 398 g/mol. The highest BCUT2D eigenvalue weighted by atomic mass is 35.5. The Morgan fingerprint density at radius 3 is 2.54 bits per heavy atom. The van der Waals surface area contributed by atoms with Crippen molar-refractivity contribution in [2.75, 3.05) is 11.9 Å². The molecule has 0 fully saturated rings. The first-order valence-electron chi connectivity index (χ1n) is 8.78. The molecule has 0 saturated carbocycles. The van der Waals surface area contributed by atoms with Gasteiger partial charge in [0.2, 0.25) is 5.91 Å². The first kappa shape index (κ1) is 19.6. The molecule has 0 bridgehead atoms. The van der Waals surface area contributed by atoms with Crippen molar-refractivity contribution in [3.8, 4) is 5.69 Å². The molecule has 0 unspecified atom stereocenters. The van der Waals surface area contributed by atoms with Gasteiger partial charge in [-0.05, 0) is 38.1 Å². The first-order chi connectivity index (χ1) is 13.5. The van der Waals surface area contributed by atoms with Crippen LogP contribution >= 0.6 is 11.6 Å². The van der Waals surface area contributed by atoms with Gasteiger partial charge in [-0.3, -0.25) is 9.59 Å². The fourth-order valence-electron chi connectivity index (χ4n) is 2.69. The van der Waals surface area contributed by atoms with Gasteiger partial charge in [0.15, 0.2) is 0 Å². The van der Waals surface area contributed by atoms with Gasteiger partial charge in [-0.25, -0.2) is 9.67 Å². The highest BCUT2D eigenvalue weighted by Gasteiger charge is 2.21. The maximum Gasteiger partial charge on any atom is 0.256 e. The van der Waals surface area contributed by atoms with Gasteiger partial charge in [-0.1, -0.05) is 35.9 Å². The number of halogens is 1. The molecule has 7 nitrogen and oxygen atoms in total. The van der Waals surface area contributed by atoms with Crippen LogP contribution in [0.1, 0.15) is 28.2 Å². The maximum atomic E-state index is 12.5. The highest BCUT2D eigenvalue weighted by Crippen LogP contribution is 2.23. The second kappa shape index (κ2) is 8.67. The molecule has 0 saturated heterocycles. The van der Waals surface area contributed by atoms with E-state index in [1.807, 2.05) is 49.4 Å². The van der Waals surface area contributed by atoms with E-state index in [0.29, 0.717) is 17.1 Å². The molecule has 0 radical (unpaired) electrons. The number of benzene rings is 1. The molecule has 0 atom stereocenters. The SMILES string of the molecule is Cc1cccc(NC(=O)CCNC(=O)c2c(C)nn(-c3ccccc3)c2Cl)n1. The van der Waals surface area contributed by atoms with Gasteiger partial charge in [0.1, 0.15) is 11.0 Å². The number of nitrogens with zero attached hydrogens (tertiary/aromatic N) is 3. The van der Waals surface area contributed by atoms with Crippen LogP contribution in [0.3, 0.4) is 0 Å². The van der Waals surface area contributed by atoms with Crippen LogP contribution in [0.25, 0.3) is 5.69 Å². The smallest absolute Gasteiger partial charge is 0.256 e. The molecule has 2 aromatic heterocycles. The summed E-state index contributed by atoms with van der Waals surface area (Å²) in [4.78, 5) is 28.8. The molecule has 3 aromatic rings. The minimum Gasteiger partial charge on any atom is -0.351 e. The number of amides is 2. The molecule has 144 valence electrons. The molecular weight excluding hydrogens is 378 g/mol.